The lowest BCUT2D eigenvalue weighted by atomic mass is 9.92. The number of nitrogens with two attached hydrogens (primary N) is 1. The third-order valence-corrected chi connectivity index (χ3v) is 3.29. The molecule has 3 N–H and O–H groups in total. The third-order valence-electron chi connectivity index (χ3n) is 2.68. The summed E-state index contributed by atoms with van der Waals surface area (Å²) < 4.78 is 19.6. The largest absolute Gasteiger partial charge is 0.377 e. The molecule has 0 fully saturated rings. The van der Waals surface area contributed by atoms with Gasteiger partial charge in [0.05, 0.1) is 16.1 Å². The van der Waals surface area contributed by atoms with E-state index in [0.29, 0.717) is 10.0 Å². The van der Waals surface area contributed by atoms with Crippen molar-refractivity contribution in [3.63, 3.8) is 0 Å². The van der Waals surface area contributed by atoms with Crippen LogP contribution >= 0.6 is 15.9 Å². The van der Waals surface area contributed by atoms with Gasteiger partial charge in [-0.1, -0.05) is 12.1 Å². The molecule has 1 atom stereocenters. The molecule has 0 aliphatic heterocycles. The van der Waals surface area contributed by atoms with Crippen LogP contribution in [-0.4, -0.2) is 12.7 Å². The number of rotatable bonds is 4. The second-order valence-electron chi connectivity index (χ2n) is 4.05. The van der Waals surface area contributed by atoms with Crippen LogP contribution in [0.1, 0.15) is 25.5 Å². The summed E-state index contributed by atoms with van der Waals surface area (Å²) >= 11 is 3.15. The van der Waals surface area contributed by atoms with E-state index in [1.165, 1.54) is 0 Å². The summed E-state index contributed by atoms with van der Waals surface area (Å²) in [4.78, 5) is 0. The molecule has 0 aliphatic rings. The minimum Gasteiger partial charge on any atom is -0.377 e. The minimum absolute atomic E-state index is 0.324. The number of benzene rings is 1. The van der Waals surface area contributed by atoms with E-state index < -0.39 is 11.6 Å². The van der Waals surface area contributed by atoms with E-state index in [2.05, 4.69) is 21.4 Å². The van der Waals surface area contributed by atoms with Gasteiger partial charge in [-0.2, -0.15) is 0 Å². The first-order chi connectivity index (χ1) is 7.44. The van der Waals surface area contributed by atoms with Crippen LogP contribution in [0.3, 0.4) is 0 Å². The molecule has 1 aromatic carbocycles. The maximum atomic E-state index is 13.9. The van der Waals surface area contributed by atoms with Gasteiger partial charge < -0.3 is 4.74 Å². The molecule has 0 spiro atoms. The molecule has 0 aromatic heterocycles. The number of hydrogen-bond donors (Lipinski definition) is 2. The Morgan fingerprint density at radius 1 is 1.50 bits per heavy atom. The first kappa shape index (κ1) is 13.6. The molecule has 3 nitrogen and oxygen atoms in total. The molecule has 0 aliphatic carbocycles. The Morgan fingerprint density at radius 3 is 2.62 bits per heavy atom. The fourth-order valence-electron chi connectivity index (χ4n) is 1.53. The number of methoxy groups -OCH3 is 1. The lowest BCUT2D eigenvalue weighted by Gasteiger charge is -2.33. The summed E-state index contributed by atoms with van der Waals surface area (Å²) in [5.41, 5.74) is 2.47. The van der Waals surface area contributed by atoms with E-state index >= 15 is 0 Å². The quantitative estimate of drug-likeness (QED) is 0.662. The molecular formula is C11H16BrFN2O. The van der Waals surface area contributed by atoms with Crippen molar-refractivity contribution < 1.29 is 9.13 Å². The molecule has 0 saturated carbocycles. The van der Waals surface area contributed by atoms with Gasteiger partial charge in [0.1, 0.15) is 5.82 Å². The smallest absolute Gasteiger partial charge is 0.142 e. The van der Waals surface area contributed by atoms with Crippen LogP contribution in [0.5, 0.6) is 0 Å². The highest BCUT2D eigenvalue weighted by Crippen LogP contribution is 2.31. The zero-order valence-corrected chi connectivity index (χ0v) is 11.1. The van der Waals surface area contributed by atoms with E-state index in [-0.39, 0.29) is 5.82 Å². The summed E-state index contributed by atoms with van der Waals surface area (Å²) in [6, 6.07) is 4.67. The highest BCUT2D eigenvalue weighted by Gasteiger charge is 2.32. The Balaban J connectivity index is 3.19. The maximum absolute atomic E-state index is 13.9. The molecule has 1 rings (SSSR count). The molecule has 16 heavy (non-hydrogen) atoms. The van der Waals surface area contributed by atoms with Crippen molar-refractivity contribution in [2.75, 3.05) is 7.11 Å². The Labute approximate surface area is 103 Å². The van der Waals surface area contributed by atoms with E-state index in [1.807, 2.05) is 13.8 Å². The van der Waals surface area contributed by atoms with Gasteiger partial charge in [-0.25, -0.2) is 9.82 Å². The van der Waals surface area contributed by atoms with Gasteiger partial charge in [0.25, 0.3) is 0 Å². The number of halogens is 2. The summed E-state index contributed by atoms with van der Waals surface area (Å²) in [6.45, 7) is 3.69. The van der Waals surface area contributed by atoms with Crippen LogP contribution in [0, 0.1) is 5.82 Å². The topological polar surface area (TPSA) is 47.3 Å². The maximum Gasteiger partial charge on any atom is 0.142 e. The van der Waals surface area contributed by atoms with Crippen molar-refractivity contribution in [3.8, 4) is 0 Å². The average molecular weight is 291 g/mol. The van der Waals surface area contributed by atoms with E-state index in [4.69, 9.17) is 10.6 Å². The predicted octanol–water partition coefficient (Wildman–Crippen LogP) is 2.52. The molecule has 1 unspecified atom stereocenters. The molecule has 0 bridgehead atoms. The van der Waals surface area contributed by atoms with Crippen molar-refractivity contribution in [3.05, 3.63) is 34.1 Å². The monoisotopic (exact) mass is 290 g/mol. The van der Waals surface area contributed by atoms with Crippen LogP contribution in [0.2, 0.25) is 0 Å². The van der Waals surface area contributed by atoms with Crippen molar-refractivity contribution in [2.24, 2.45) is 5.84 Å². The second kappa shape index (κ2) is 5.23. The number of nitrogens with one attached hydrogen (secondary N) is 1. The van der Waals surface area contributed by atoms with Crippen LogP contribution in [0.25, 0.3) is 0 Å². The van der Waals surface area contributed by atoms with Crippen molar-refractivity contribution in [1.82, 2.24) is 5.43 Å². The average Bonchev–Trinajstić information content (AvgIpc) is 2.25. The Bertz CT molecular complexity index is 371. The molecule has 1 aromatic rings. The number of hydrazine groups is 1. The Morgan fingerprint density at radius 2 is 2.12 bits per heavy atom. The molecule has 0 saturated heterocycles. The predicted molar refractivity (Wildman–Crippen MR) is 65.3 cm³/mol. The van der Waals surface area contributed by atoms with E-state index in [1.54, 1.807) is 25.3 Å². The van der Waals surface area contributed by atoms with Gasteiger partial charge in [0, 0.05) is 12.7 Å². The third kappa shape index (κ3) is 2.60. The molecular weight excluding hydrogens is 275 g/mol. The van der Waals surface area contributed by atoms with Crippen LogP contribution < -0.4 is 11.3 Å². The molecule has 5 heteroatoms. The summed E-state index contributed by atoms with van der Waals surface area (Å²) in [7, 11) is 1.57. The van der Waals surface area contributed by atoms with Crippen molar-refractivity contribution >= 4 is 15.9 Å². The SMILES string of the molecule is COC(C)(C)C(NN)c1cccc(Br)c1F. The minimum atomic E-state index is -0.601. The summed E-state index contributed by atoms with van der Waals surface area (Å²) in [5.74, 6) is 5.15. The first-order valence-corrected chi connectivity index (χ1v) is 5.68. The van der Waals surface area contributed by atoms with E-state index in [0.717, 1.165) is 0 Å². The Hall–Kier alpha value is -0.490. The highest BCUT2D eigenvalue weighted by molar-refractivity contribution is 9.10. The van der Waals surface area contributed by atoms with Crippen LogP contribution in [0.4, 0.5) is 4.39 Å². The number of hydrogen-bond acceptors (Lipinski definition) is 3. The van der Waals surface area contributed by atoms with Crippen molar-refractivity contribution in [2.45, 2.75) is 25.5 Å². The summed E-state index contributed by atoms with van der Waals surface area (Å²) in [5, 5.41) is 0. The number of ether oxygens (including phenoxy) is 1. The van der Waals surface area contributed by atoms with Gasteiger partial charge >= 0.3 is 0 Å². The molecule has 0 heterocycles. The molecule has 0 amide bonds. The lowest BCUT2D eigenvalue weighted by molar-refractivity contribution is -0.0121. The van der Waals surface area contributed by atoms with Gasteiger partial charge in [-0.3, -0.25) is 5.84 Å². The van der Waals surface area contributed by atoms with Gasteiger partial charge in [0.15, 0.2) is 0 Å². The standard InChI is InChI=1S/C11H16BrFN2O/c1-11(2,16-3)10(15-14)7-5-4-6-8(12)9(7)13/h4-6,10,15H,14H2,1-3H3. The van der Waals surface area contributed by atoms with E-state index in [9.17, 15) is 4.39 Å². The normalized spacial score (nSPS) is 13.9. The zero-order valence-electron chi connectivity index (χ0n) is 9.55. The van der Waals surface area contributed by atoms with Crippen molar-refractivity contribution in [1.29, 1.82) is 0 Å². The zero-order chi connectivity index (χ0) is 12.3. The van der Waals surface area contributed by atoms with Crippen LogP contribution in [-0.2, 0) is 4.74 Å². The fourth-order valence-corrected chi connectivity index (χ4v) is 1.91. The molecule has 0 radical (unpaired) electrons. The fraction of sp³-hybridized carbons (Fsp3) is 0.455. The van der Waals surface area contributed by atoms with Crippen LogP contribution in [0.15, 0.2) is 22.7 Å². The van der Waals surface area contributed by atoms with Gasteiger partial charge in [-0.15, -0.1) is 0 Å². The van der Waals surface area contributed by atoms with Gasteiger partial charge in [-0.05, 0) is 35.8 Å². The summed E-state index contributed by atoms with van der Waals surface area (Å²) in [6.07, 6.45) is 0. The molecule has 90 valence electrons. The lowest BCUT2D eigenvalue weighted by Crippen LogP contribution is -2.44. The Kier molecular flexibility index (Phi) is 4.43. The van der Waals surface area contributed by atoms with Gasteiger partial charge in [0.2, 0.25) is 0 Å². The highest BCUT2D eigenvalue weighted by atomic mass is 79.9. The first-order valence-electron chi connectivity index (χ1n) is 4.89. The second-order valence-corrected chi connectivity index (χ2v) is 4.90.